The Morgan fingerprint density at radius 2 is 1.86 bits per heavy atom. The van der Waals surface area contributed by atoms with Gasteiger partial charge in [0.2, 0.25) is 0 Å². The summed E-state index contributed by atoms with van der Waals surface area (Å²) in [5.74, 6) is 0.791. The van der Waals surface area contributed by atoms with Crippen molar-refractivity contribution in [1.82, 2.24) is 30.5 Å². The van der Waals surface area contributed by atoms with Crippen LogP contribution in [-0.4, -0.2) is 31.7 Å². The van der Waals surface area contributed by atoms with Gasteiger partial charge in [0.15, 0.2) is 5.82 Å². The summed E-state index contributed by atoms with van der Waals surface area (Å²) in [5.41, 5.74) is 3.31. The fraction of sp³-hybridized carbons (Fsp3) is 0.318. The lowest BCUT2D eigenvalue weighted by Gasteiger charge is -2.25. The van der Waals surface area contributed by atoms with Gasteiger partial charge in [-0.15, -0.1) is 5.10 Å². The van der Waals surface area contributed by atoms with Crippen LogP contribution in [-0.2, 0) is 12.0 Å². The second-order valence-corrected chi connectivity index (χ2v) is 8.60. The minimum atomic E-state index is -0.220. The molecule has 1 atom stereocenters. The lowest BCUT2D eigenvalue weighted by Crippen LogP contribution is -2.32. The SMILES string of the molecule is CC(C)(C)n1nnnc1C(NCCc1c[nH]c2ccccc12)c1ccc(Cl)cc1. The molecule has 2 aromatic heterocycles. The van der Waals surface area contributed by atoms with Crippen LogP contribution in [0.3, 0.4) is 0 Å². The summed E-state index contributed by atoms with van der Waals surface area (Å²) < 4.78 is 1.88. The van der Waals surface area contributed by atoms with Crippen LogP contribution in [0.15, 0.2) is 54.7 Å². The molecule has 29 heavy (non-hydrogen) atoms. The van der Waals surface area contributed by atoms with Gasteiger partial charge < -0.3 is 10.3 Å². The molecule has 150 valence electrons. The van der Waals surface area contributed by atoms with Crippen LogP contribution < -0.4 is 5.32 Å². The largest absolute Gasteiger partial charge is 0.361 e. The highest BCUT2D eigenvalue weighted by atomic mass is 35.5. The van der Waals surface area contributed by atoms with Crippen LogP contribution >= 0.6 is 11.6 Å². The lowest BCUT2D eigenvalue weighted by molar-refractivity contribution is 0.325. The number of hydrogen-bond donors (Lipinski definition) is 2. The third kappa shape index (κ3) is 4.18. The van der Waals surface area contributed by atoms with E-state index in [9.17, 15) is 0 Å². The van der Waals surface area contributed by atoms with Crippen molar-refractivity contribution in [3.63, 3.8) is 0 Å². The maximum Gasteiger partial charge on any atom is 0.173 e. The van der Waals surface area contributed by atoms with Gasteiger partial charge in [-0.1, -0.05) is 41.9 Å². The molecule has 0 bridgehead atoms. The molecule has 0 aliphatic carbocycles. The first-order chi connectivity index (χ1) is 13.9. The van der Waals surface area contributed by atoms with Crippen LogP contribution in [0.5, 0.6) is 0 Å². The Bertz CT molecular complexity index is 1090. The molecule has 7 heteroatoms. The summed E-state index contributed by atoms with van der Waals surface area (Å²) in [4.78, 5) is 3.34. The maximum atomic E-state index is 6.10. The number of tetrazole rings is 1. The van der Waals surface area contributed by atoms with E-state index in [2.05, 4.69) is 71.0 Å². The lowest BCUT2D eigenvalue weighted by atomic mass is 10.0. The maximum absolute atomic E-state index is 6.10. The van der Waals surface area contributed by atoms with Gasteiger partial charge in [-0.2, -0.15) is 0 Å². The fourth-order valence-electron chi connectivity index (χ4n) is 3.55. The number of halogens is 1. The van der Waals surface area contributed by atoms with Gasteiger partial charge in [-0.05, 0) is 66.9 Å². The van der Waals surface area contributed by atoms with E-state index in [-0.39, 0.29) is 11.6 Å². The zero-order valence-corrected chi connectivity index (χ0v) is 17.6. The molecule has 0 aliphatic rings. The Hall–Kier alpha value is -2.70. The van der Waals surface area contributed by atoms with E-state index in [0.29, 0.717) is 5.02 Å². The number of nitrogens with one attached hydrogen (secondary N) is 2. The summed E-state index contributed by atoms with van der Waals surface area (Å²) in [6, 6.07) is 16.1. The van der Waals surface area contributed by atoms with E-state index in [0.717, 1.165) is 29.9 Å². The van der Waals surface area contributed by atoms with Crippen molar-refractivity contribution < 1.29 is 0 Å². The van der Waals surface area contributed by atoms with Crippen molar-refractivity contribution in [3.8, 4) is 0 Å². The molecule has 0 amide bonds. The van der Waals surface area contributed by atoms with Crippen LogP contribution in [0.1, 0.15) is 43.8 Å². The zero-order valence-electron chi connectivity index (χ0n) is 16.9. The molecular weight excluding hydrogens is 384 g/mol. The molecule has 6 nitrogen and oxygen atoms in total. The first-order valence-corrected chi connectivity index (χ1v) is 10.1. The monoisotopic (exact) mass is 408 g/mol. The minimum Gasteiger partial charge on any atom is -0.361 e. The number of aromatic nitrogens is 5. The molecule has 2 heterocycles. The number of nitrogens with zero attached hydrogens (tertiary/aromatic N) is 4. The van der Waals surface area contributed by atoms with Gasteiger partial charge in [0.05, 0.1) is 11.6 Å². The molecule has 0 radical (unpaired) electrons. The number of rotatable bonds is 6. The average Bonchev–Trinajstić information content (AvgIpc) is 3.34. The molecule has 0 fully saturated rings. The number of hydrogen-bond acceptors (Lipinski definition) is 4. The molecule has 0 saturated carbocycles. The highest BCUT2D eigenvalue weighted by Gasteiger charge is 2.26. The predicted molar refractivity (Wildman–Crippen MR) is 116 cm³/mol. The molecule has 0 spiro atoms. The standard InChI is InChI=1S/C22H25ClN6/c1-22(2,3)29-21(26-27-28-29)20(15-8-10-17(23)11-9-15)24-13-12-16-14-25-19-7-5-4-6-18(16)19/h4-11,14,20,24-25H,12-13H2,1-3H3. The van der Waals surface area contributed by atoms with Crippen molar-refractivity contribution in [2.24, 2.45) is 0 Å². The van der Waals surface area contributed by atoms with E-state index < -0.39 is 0 Å². The van der Waals surface area contributed by atoms with Gasteiger partial charge in [0, 0.05) is 28.7 Å². The molecule has 2 N–H and O–H groups in total. The third-order valence-corrected chi connectivity index (χ3v) is 5.26. The number of benzene rings is 2. The van der Waals surface area contributed by atoms with E-state index >= 15 is 0 Å². The highest BCUT2D eigenvalue weighted by Crippen LogP contribution is 2.25. The Morgan fingerprint density at radius 1 is 1.10 bits per heavy atom. The first kappa shape index (κ1) is 19.6. The smallest absolute Gasteiger partial charge is 0.173 e. The Kier molecular flexibility index (Phi) is 5.39. The van der Waals surface area contributed by atoms with E-state index in [1.54, 1.807) is 0 Å². The summed E-state index contributed by atoms with van der Waals surface area (Å²) in [6.45, 7) is 7.07. The quantitative estimate of drug-likeness (QED) is 0.493. The normalized spacial score (nSPS) is 13.1. The van der Waals surface area contributed by atoms with Gasteiger partial charge in [-0.3, -0.25) is 0 Å². The van der Waals surface area contributed by atoms with Gasteiger partial charge in [0.1, 0.15) is 0 Å². The van der Waals surface area contributed by atoms with E-state index in [1.807, 2.05) is 35.0 Å². The average molecular weight is 409 g/mol. The molecule has 2 aromatic carbocycles. The first-order valence-electron chi connectivity index (χ1n) is 9.76. The van der Waals surface area contributed by atoms with Crippen molar-refractivity contribution >= 4 is 22.5 Å². The predicted octanol–water partition coefficient (Wildman–Crippen LogP) is 4.48. The second-order valence-electron chi connectivity index (χ2n) is 8.17. The van der Waals surface area contributed by atoms with E-state index in [4.69, 9.17) is 11.6 Å². The number of aromatic amines is 1. The molecular formula is C22H25ClN6. The third-order valence-electron chi connectivity index (χ3n) is 5.01. The Labute approximate surface area is 175 Å². The molecule has 4 aromatic rings. The molecule has 1 unspecified atom stereocenters. The van der Waals surface area contributed by atoms with Crippen molar-refractivity contribution in [2.45, 2.75) is 38.8 Å². The zero-order chi connectivity index (χ0) is 20.4. The topological polar surface area (TPSA) is 71.4 Å². The number of H-pyrrole nitrogens is 1. The van der Waals surface area contributed by atoms with Crippen molar-refractivity contribution in [3.05, 3.63) is 76.7 Å². The fourth-order valence-corrected chi connectivity index (χ4v) is 3.68. The molecule has 4 rings (SSSR count). The van der Waals surface area contributed by atoms with Gasteiger partial charge in [0.25, 0.3) is 0 Å². The number of para-hydroxylation sites is 1. The molecule has 0 aliphatic heterocycles. The van der Waals surface area contributed by atoms with Crippen LogP contribution in [0.25, 0.3) is 10.9 Å². The summed E-state index contributed by atoms with van der Waals surface area (Å²) in [6.07, 6.45) is 2.98. The van der Waals surface area contributed by atoms with Crippen molar-refractivity contribution in [1.29, 1.82) is 0 Å². The van der Waals surface area contributed by atoms with Crippen LogP contribution in [0.4, 0.5) is 0 Å². The Morgan fingerprint density at radius 3 is 2.62 bits per heavy atom. The van der Waals surface area contributed by atoms with Gasteiger partial charge >= 0.3 is 0 Å². The Balaban J connectivity index is 1.59. The van der Waals surface area contributed by atoms with Gasteiger partial charge in [-0.25, -0.2) is 4.68 Å². The highest BCUT2D eigenvalue weighted by molar-refractivity contribution is 6.30. The summed E-state index contributed by atoms with van der Waals surface area (Å²) >= 11 is 6.10. The second kappa shape index (κ2) is 7.97. The molecule has 0 saturated heterocycles. The summed E-state index contributed by atoms with van der Waals surface area (Å²) in [7, 11) is 0. The summed E-state index contributed by atoms with van der Waals surface area (Å²) in [5, 5.41) is 18.1. The van der Waals surface area contributed by atoms with Crippen molar-refractivity contribution in [2.75, 3.05) is 6.54 Å². The van der Waals surface area contributed by atoms with Crippen LogP contribution in [0, 0.1) is 0 Å². The minimum absolute atomic E-state index is 0.133. The van der Waals surface area contributed by atoms with E-state index in [1.165, 1.54) is 10.9 Å². The van der Waals surface area contributed by atoms with Crippen LogP contribution in [0.2, 0.25) is 5.02 Å². The number of fused-ring (bicyclic) bond motifs is 1.